The van der Waals surface area contributed by atoms with Crippen LogP contribution < -0.4 is 5.32 Å². The summed E-state index contributed by atoms with van der Waals surface area (Å²) in [5.74, 6) is 1.94. The van der Waals surface area contributed by atoms with Crippen molar-refractivity contribution in [3.8, 4) is 6.07 Å². The fourth-order valence-electron chi connectivity index (χ4n) is 3.83. The summed E-state index contributed by atoms with van der Waals surface area (Å²) in [6.45, 7) is 7.01. The van der Waals surface area contributed by atoms with Crippen LogP contribution in [0.5, 0.6) is 0 Å². The van der Waals surface area contributed by atoms with Crippen molar-refractivity contribution in [1.29, 1.82) is 5.26 Å². The molecule has 0 aromatic carbocycles. The fourth-order valence-corrected chi connectivity index (χ4v) is 3.83. The number of pyridine rings is 2. The van der Waals surface area contributed by atoms with Gasteiger partial charge in [-0.15, -0.1) is 0 Å². The molecule has 7 heteroatoms. The largest absolute Gasteiger partial charge is 0.339 e. The highest BCUT2D eigenvalue weighted by Gasteiger charge is 2.23. The SMILES string of the molecule is Cc1nc(Nc2ccc(C#N)nc2)cc(C2CCN(Cc3ncccc3C)CC2)n1. The number of nitrogens with zero attached hydrogens (tertiary/aromatic N) is 6. The van der Waals surface area contributed by atoms with Crippen molar-refractivity contribution in [2.75, 3.05) is 18.4 Å². The molecule has 1 aliphatic rings. The van der Waals surface area contributed by atoms with Gasteiger partial charge >= 0.3 is 0 Å². The summed E-state index contributed by atoms with van der Waals surface area (Å²) >= 11 is 0. The van der Waals surface area contributed by atoms with Crippen LogP contribution in [-0.4, -0.2) is 37.9 Å². The second kappa shape index (κ2) is 8.97. The van der Waals surface area contributed by atoms with Gasteiger partial charge in [-0.1, -0.05) is 6.07 Å². The van der Waals surface area contributed by atoms with Gasteiger partial charge in [0.15, 0.2) is 0 Å². The Kier molecular flexibility index (Phi) is 5.96. The van der Waals surface area contributed by atoms with Crippen molar-refractivity contribution in [2.45, 2.75) is 39.2 Å². The summed E-state index contributed by atoms with van der Waals surface area (Å²) in [7, 11) is 0. The molecule has 30 heavy (non-hydrogen) atoms. The number of aromatic nitrogens is 4. The van der Waals surface area contributed by atoms with Crippen LogP contribution in [0.25, 0.3) is 0 Å². The highest BCUT2D eigenvalue weighted by atomic mass is 15.1. The van der Waals surface area contributed by atoms with Crippen LogP contribution in [0.15, 0.2) is 42.7 Å². The molecule has 0 spiro atoms. The zero-order valence-electron chi connectivity index (χ0n) is 17.3. The lowest BCUT2D eigenvalue weighted by Gasteiger charge is -2.31. The Balaban J connectivity index is 1.41. The van der Waals surface area contributed by atoms with Gasteiger partial charge in [-0.3, -0.25) is 9.88 Å². The van der Waals surface area contributed by atoms with E-state index in [-0.39, 0.29) is 0 Å². The van der Waals surface area contributed by atoms with Crippen molar-refractivity contribution in [3.05, 3.63) is 71.2 Å². The summed E-state index contributed by atoms with van der Waals surface area (Å²) in [5.41, 5.74) is 4.70. The summed E-state index contributed by atoms with van der Waals surface area (Å²) in [4.78, 5) is 20.3. The minimum absolute atomic E-state index is 0.396. The predicted molar refractivity (Wildman–Crippen MR) is 115 cm³/mol. The standard InChI is InChI=1S/C23H25N7/c1-16-4-3-9-25-22(16)15-30-10-7-18(8-11-30)21-12-23(28-17(2)27-21)29-20-6-5-19(13-24)26-14-20/h3-6,9,12,14,18H,7-8,10-11,15H2,1-2H3,(H,27,28,29). The molecule has 3 aromatic heterocycles. The zero-order chi connectivity index (χ0) is 20.9. The van der Waals surface area contributed by atoms with Gasteiger partial charge in [-0.05, 0) is 63.5 Å². The van der Waals surface area contributed by atoms with Crippen molar-refractivity contribution in [1.82, 2.24) is 24.8 Å². The maximum atomic E-state index is 8.89. The topological polar surface area (TPSA) is 90.6 Å². The summed E-state index contributed by atoms with van der Waals surface area (Å²) in [5, 5.41) is 12.2. The monoisotopic (exact) mass is 399 g/mol. The molecule has 0 bridgehead atoms. The third kappa shape index (κ3) is 4.78. The molecule has 1 saturated heterocycles. The van der Waals surface area contributed by atoms with Crippen molar-refractivity contribution in [3.63, 3.8) is 0 Å². The number of rotatable bonds is 5. The van der Waals surface area contributed by atoms with Crippen LogP contribution in [0.2, 0.25) is 0 Å². The van der Waals surface area contributed by atoms with E-state index in [1.165, 1.54) is 5.56 Å². The van der Waals surface area contributed by atoms with Crippen LogP contribution in [0.3, 0.4) is 0 Å². The number of anilines is 2. The maximum Gasteiger partial charge on any atom is 0.140 e. The minimum atomic E-state index is 0.396. The van der Waals surface area contributed by atoms with Gasteiger partial charge in [0.25, 0.3) is 0 Å². The quantitative estimate of drug-likeness (QED) is 0.696. The smallest absolute Gasteiger partial charge is 0.140 e. The first-order valence-electron chi connectivity index (χ1n) is 10.2. The predicted octanol–water partition coefficient (Wildman–Crippen LogP) is 3.88. The van der Waals surface area contributed by atoms with E-state index in [0.717, 1.165) is 61.2 Å². The second-order valence-electron chi connectivity index (χ2n) is 7.71. The number of aryl methyl sites for hydroxylation is 2. The molecule has 1 N–H and O–H groups in total. The van der Waals surface area contributed by atoms with Crippen LogP contribution in [-0.2, 0) is 6.54 Å². The van der Waals surface area contributed by atoms with Crippen molar-refractivity contribution >= 4 is 11.5 Å². The molecule has 1 aliphatic heterocycles. The normalized spacial score (nSPS) is 15.0. The average Bonchev–Trinajstić information content (AvgIpc) is 2.76. The highest BCUT2D eigenvalue weighted by molar-refractivity contribution is 5.55. The third-order valence-electron chi connectivity index (χ3n) is 5.51. The van der Waals surface area contributed by atoms with Gasteiger partial charge in [0.2, 0.25) is 0 Å². The van der Waals surface area contributed by atoms with Crippen molar-refractivity contribution in [2.24, 2.45) is 0 Å². The first-order chi connectivity index (χ1) is 14.6. The van der Waals surface area contributed by atoms with Crippen LogP contribution in [0.1, 0.15) is 47.2 Å². The van der Waals surface area contributed by atoms with E-state index in [9.17, 15) is 0 Å². The maximum absolute atomic E-state index is 8.89. The Morgan fingerprint density at radius 2 is 1.97 bits per heavy atom. The molecule has 4 heterocycles. The summed E-state index contributed by atoms with van der Waals surface area (Å²) < 4.78 is 0. The molecule has 0 atom stereocenters. The van der Waals surface area contributed by atoms with Crippen LogP contribution in [0, 0.1) is 25.2 Å². The Hall–Kier alpha value is -3.37. The molecule has 7 nitrogen and oxygen atoms in total. The molecule has 0 saturated carbocycles. The van der Waals surface area contributed by atoms with Gasteiger partial charge < -0.3 is 5.32 Å². The Bertz CT molecular complexity index is 1050. The van der Waals surface area contributed by atoms with Gasteiger partial charge in [-0.25, -0.2) is 15.0 Å². The molecule has 1 fully saturated rings. The molecular formula is C23H25N7. The lowest BCUT2D eigenvalue weighted by Crippen LogP contribution is -2.33. The molecular weight excluding hydrogens is 374 g/mol. The molecule has 3 aromatic rings. The molecule has 4 rings (SSSR count). The first-order valence-corrected chi connectivity index (χ1v) is 10.2. The van der Waals surface area contributed by atoms with E-state index in [0.29, 0.717) is 11.6 Å². The second-order valence-corrected chi connectivity index (χ2v) is 7.71. The summed E-state index contributed by atoms with van der Waals surface area (Å²) in [6.07, 6.45) is 5.66. The van der Waals surface area contributed by atoms with Crippen LogP contribution >= 0.6 is 0 Å². The zero-order valence-corrected chi connectivity index (χ0v) is 17.3. The number of nitriles is 1. The van der Waals surface area contributed by atoms with Gasteiger partial charge in [0, 0.05) is 30.4 Å². The van der Waals surface area contributed by atoms with E-state index < -0.39 is 0 Å². The van der Waals surface area contributed by atoms with Crippen molar-refractivity contribution < 1.29 is 0 Å². The first kappa shape index (κ1) is 19.9. The number of hydrogen-bond donors (Lipinski definition) is 1. The Morgan fingerprint density at radius 3 is 2.67 bits per heavy atom. The van der Waals surface area contributed by atoms with E-state index in [1.54, 1.807) is 12.3 Å². The lowest BCUT2D eigenvalue weighted by molar-refractivity contribution is 0.201. The number of nitrogens with one attached hydrogen (secondary N) is 1. The Labute approximate surface area is 176 Å². The highest BCUT2D eigenvalue weighted by Crippen LogP contribution is 2.29. The minimum Gasteiger partial charge on any atom is -0.339 e. The Morgan fingerprint density at radius 1 is 1.13 bits per heavy atom. The van der Waals surface area contributed by atoms with Gasteiger partial charge in [0.1, 0.15) is 23.4 Å². The summed E-state index contributed by atoms with van der Waals surface area (Å²) in [6, 6.07) is 11.7. The molecule has 0 amide bonds. The van der Waals surface area contributed by atoms with Gasteiger partial charge in [-0.2, -0.15) is 5.26 Å². The number of piperidine rings is 1. The third-order valence-corrected chi connectivity index (χ3v) is 5.51. The molecule has 152 valence electrons. The van der Waals surface area contributed by atoms with E-state index in [4.69, 9.17) is 10.2 Å². The number of likely N-dealkylation sites (tertiary alicyclic amines) is 1. The average molecular weight is 400 g/mol. The molecule has 0 aliphatic carbocycles. The molecule has 0 radical (unpaired) electrons. The van der Waals surface area contributed by atoms with Crippen LogP contribution in [0.4, 0.5) is 11.5 Å². The lowest BCUT2D eigenvalue weighted by atomic mass is 9.93. The van der Waals surface area contributed by atoms with E-state index >= 15 is 0 Å². The van der Waals surface area contributed by atoms with E-state index in [2.05, 4.69) is 38.2 Å². The number of hydrogen-bond acceptors (Lipinski definition) is 7. The van der Waals surface area contributed by atoms with Gasteiger partial charge in [0.05, 0.1) is 17.6 Å². The molecule has 0 unspecified atom stereocenters. The fraction of sp³-hybridized carbons (Fsp3) is 0.348. The van der Waals surface area contributed by atoms with E-state index in [1.807, 2.05) is 37.4 Å².